The lowest BCUT2D eigenvalue weighted by atomic mass is 10.1. The van der Waals surface area contributed by atoms with Crippen LogP contribution in [-0.2, 0) is 6.61 Å². The van der Waals surface area contributed by atoms with Gasteiger partial charge in [0.05, 0.1) is 12.8 Å². The number of methoxy groups -OCH3 is 1. The lowest BCUT2D eigenvalue weighted by Crippen LogP contribution is -2.00. The fourth-order valence-electron chi connectivity index (χ4n) is 2.79. The molecule has 4 rings (SSSR count). The minimum absolute atomic E-state index is 0.136. The molecule has 2 heterocycles. The lowest BCUT2D eigenvalue weighted by molar-refractivity contribution is 0.280. The first-order chi connectivity index (χ1) is 12.7. The van der Waals surface area contributed by atoms with Crippen LogP contribution in [0.4, 0.5) is 4.39 Å². The highest BCUT2D eigenvalue weighted by Crippen LogP contribution is 2.33. The van der Waals surface area contributed by atoms with Crippen molar-refractivity contribution in [2.75, 3.05) is 7.11 Å². The zero-order valence-electron chi connectivity index (χ0n) is 14.2. The van der Waals surface area contributed by atoms with Gasteiger partial charge in [0.25, 0.3) is 0 Å². The van der Waals surface area contributed by atoms with Crippen molar-refractivity contribution in [1.29, 1.82) is 0 Å². The van der Waals surface area contributed by atoms with E-state index in [0.717, 1.165) is 16.9 Å². The van der Waals surface area contributed by atoms with Crippen molar-refractivity contribution in [2.45, 2.75) is 6.61 Å². The zero-order chi connectivity index (χ0) is 17.9. The maximum absolute atomic E-state index is 13.7. The predicted octanol–water partition coefficient (Wildman–Crippen LogP) is 4.73. The second kappa shape index (κ2) is 6.88. The summed E-state index contributed by atoms with van der Waals surface area (Å²) in [6, 6.07) is 18.0. The van der Waals surface area contributed by atoms with Crippen LogP contribution < -0.4 is 9.47 Å². The third-order valence-electron chi connectivity index (χ3n) is 4.16. The Morgan fingerprint density at radius 3 is 2.65 bits per heavy atom. The molecule has 0 aliphatic carbocycles. The monoisotopic (exact) mass is 348 g/mol. The quantitative estimate of drug-likeness (QED) is 0.523. The Morgan fingerprint density at radius 2 is 1.85 bits per heavy atom. The first kappa shape index (κ1) is 16.1. The molecule has 0 unspecified atom stereocenters. The molecule has 0 saturated carbocycles. The molecule has 0 aliphatic rings. The van der Waals surface area contributed by atoms with Crippen LogP contribution in [0.15, 0.2) is 73.1 Å². The van der Waals surface area contributed by atoms with Crippen molar-refractivity contribution in [3.05, 3.63) is 84.4 Å². The van der Waals surface area contributed by atoms with E-state index < -0.39 is 0 Å². The van der Waals surface area contributed by atoms with E-state index in [1.165, 1.54) is 6.07 Å². The molecule has 0 fully saturated rings. The molecule has 26 heavy (non-hydrogen) atoms. The number of fused-ring (bicyclic) bond motifs is 1. The number of hydrogen-bond acceptors (Lipinski definition) is 3. The van der Waals surface area contributed by atoms with Crippen LogP contribution in [0.3, 0.4) is 0 Å². The molecule has 4 aromatic rings. The van der Waals surface area contributed by atoms with E-state index in [-0.39, 0.29) is 12.4 Å². The summed E-state index contributed by atoms with van der Waals surface area (Å²) >= 11 is 0. The summed E-state index contributed by atoms with van der Waals surface area (Å²) in [6.07, 6.45) is 3.92. The van der Waals surface area contributed by atoms with E-state index in [0.29, 0.717) is 17.1 Å². The summed E-state index contributed by atoms with van der Waals surface area (Å²) in [4.78, 5) is 4.61. The van der Waals surface area contributed by atoms with E-state index in [1.54, 1.807) is 25.3 Å². The molecule has 5 heteroatoms. The normalized spacial score (nSPS) is 10.8. The highest BCUT2D eigenvalue weighted by Gasteiger charge is 2.11. The molecule has 4 nitrogen and oxygen atoms in total. The second-order valence-corrected chi connectivity index (χ2v) is 5.84. The first-order valence-corrected chi connectivity index (χ1v) is 8.23. The van der Waals surface area contributed by atoms with Gasteiger partial charge in [0, 0.05) is 23.5 Å². The van der Waals surface area contributed by atoms with Crippen LogP contribution in [0.25, 0.3) is 16.9 Å². The Hall–Kier alpha value is -3.34. The van der Waals surface area contributed by atoms with Gasteiger partial charge in [-0.3, -0.25) is 0 Å². The Morgan fingerprint density at radius 1 is 1.00 bits per heavy atom. The lowest BCUT2D eigenvalue weighted by Gasteiger charge is -2.12. The highest BCUT2D eigenvalue weighted by molar-refractivity contribution is 5.66. The smallest absolute Gasteiger partial charge is 0.161 e. The van der Waals surface area contributed by atoms with Crippen LogP contribution >= 0.6 is 0 Å². The fourth-order valence-corrected chi connectivity index (χ4v) is 2.79. The van der Waals surface area contributed by atoms with Crippen molar-refractivity contribution >= 4 is 5.65 Å². The minimum Gasteiger partial charge on any atom is -0.493 e. The molecule has 0 aliphatic heterocycles. The van der Waals surface area contributed by atoms with Crippen LogP contribution in [0.1, 0.15) is 5.56 Å². The number of pyridine rings is 1. The summed E-state index contributed by atoms with van der Waals surface area (Å²) in [5.74, 6) is 0.854. The van der Waals surface area contributed by atoms with E-state index in [4.69, 9.17) is 9.47 Å². The van der Waals surface area contributed by atoms with Gasteiger partial charge in [-0.25, -0.2) is 9.37 Å². The van der Waals surface area contributed by atoms with Gasteiger partial charge in [-0.05, 0) is 36.4 Å². The van der Waals surface area contributed by atoms with Crippen molar-refractivity contribution in [1.82, 2.24) is 9.38 Å². The van der Waals surface area contributed by atoms with E-state index in [9.17, 15) is 4.39 Å². The number of benzene rings is 2. The SMILES string of the molecule is COc1cc(-c2cn3ccccc3n2)ccc1OCc1ccccc1F. The number of nitrogens with zero attached hydrogens (tertiary/aromatic N) is 2. The predicted molar refractivity (Wildman–Crippen MR) is 97.9 cm³/mol. The van der Waals surface area contributed by atoms with E-state index >= 15 is 0 Å². The molecular weight excluding hydrogens is 331 g/mol. The molecule has 0 saturated heterocycles. The molecule has 0 N–H and O–H groups in total. The van der Waals surface area contributed by atoms with Crippen molar-refractivity contribution in [2.24, 2.45) is 0 Å². The van der Waals surface area contributed by atoms with Crippen LogP contribution in [0.5, 0.6) is 11.5 Å². The number of hydrogen-bond donors (Lipinski definition) is 0. The highest BCUT2D eigenvalue weighted by atomic mass is 19.1. The maximum atomic E-state index is 13.7. The third kappa shape index (κ3) is 3.11. The summed E-state index contributed by atoms with van der Waals surface area (Å²) in [6.45, 7) is 0.136. The number of aromatic nitrogens is 2. The van der Waals surface area contributed by atoms with Gasteiger partial charge in [0.2, 0.25) is 0 Å². The van der Waals surface area contributed by atoms with Crippen LogP contribution in [-0.4, -0.2) is 16.5 Å². The summed E-state index contributed by atoms with van der Waals surface area (Å²) in [5.41, 5.74) is 3.14. The second-order valence-electron chi connectivity index (χ2n) is 5.84. The van der Waals surface area contributed by atoms with E-state index in [2.05, 4.69) is 4.98 Å². The van der Waals surface area contributed by atoms with Crippen molar-refractivity contribution in [3.8, 4) is 22.8 Å². The Labute approximate surface area is 150 Å². The topological polar surface area (TPSA) is 35.8 Å². The van der Waals surface area contributed by atoms with Crippen LogP contribution in [0.2, 0.25) is 0 Å². The molecule has 0 bridgehead atoms. The standard InChI is InChI=1S/C21H17FN2O2/c1-25-20-12-15(18-13-24-11-5-4-8-21(24)23-18)9-10-19(20)26-14-16-6-2-3-7-17(16)22/h2-13H,14H2,1H3. The van der Waals surface area contributed by atoms with Crippen molar-refractivity contribution in [3.63, 3.8) is 0 Å². The average molecular weight is 348 g/mol. The first-order valence-electron chi connectivity index (χ1n) is 8.23. The number of imidazole rings is 1. The van der Waals surface area contributed by atoms with Gasteiger partial charge in [-0.15, -0.1) is 0 Å². The molecule has 130 valence electrons. The Kier molecular flexibility index (Phi) is 4.27. The van der Waals surface area contributed by atoms with Gasteiger partial charge in [0.15, 0.2) is 11.5 Å². The van der Waals surface area contributed by atoms with Gasteiger partial charge in [-0.2, -0.15) is 0 Å². The summed E-state index contributed by atoms with van der Waals surface area (Å²) < 4.78 is 26.9. The Bertz CT molecular complexity index is 1030. The van der Waals surface area contributed by atoms with Crippen LogP contribution in [0, 0.1) is 5.82 Å². The molecule has 0 amide bonds. The summed E-state index contributed by atoms with van der Waals surface area (Å²) in [7, 11) is 1.58. The largest absolute Gasteiger partial charge is 0.493 e. The number of rotatable bonds is 5. The van der Waals surface area contributed by atoms with Crippen molar-refractivity contribution < 1.29 is 13.9 Å². The molecule has 0 spiro atoms. The fraction of sp³-hybridized carbons (Fsp3) is 0.0952. The molecular formula is C21H17FN2O2. The van der Waals surface area contributed by atoms with Gasteiger partial charge < -0.3 is 13.9 Å². The molecule has 2 aromatic heterocycles. The minimum atomic E-state index is -0.284. The van der Waals surface area contributed by atoms with Gasteiger partial charge in [-0.1, -0.05) is 24.3 Å². The molecule has 0 atom stereocenters. The maximum Gasteiger partial charge on any atom is 0.161 e. The summed E-state index contributed by atoms with van der Waals surface area (Å²) in [5, 5.41) is 0. The van der Waals surface area contributed by atoms with E-state index in [1.807, 2.05) is 53.2 Å². The molecule has 0 radical (unpaired) electrons. The zero-order valence-corrected chi connectivity index (χ0v) is 14.2. The third-order valence-corrected chi connectivity index (χ3v) is 4.16. The number of halogens is 1. The molecule has 2 aromatic carbocycles. The average Bonchev–Trinajstić information content (AvgIpc) is 3.11. The van der Waals surface area contributed by atoms with Gasteiger partial charge >= 0.3 is 0 Å². The number of ether oxygens (including phenoxy) is 2. The Balaban J connectivity index is 1.60. The van der Waals surface area contributed by atoms with Gasteiger partial charge in [0.1, 0.15) is 18.1 Å².